The van der Waals surface area contributed by atoms with Gasteiger partial charge < -0.3 is 26.2 Å². The minimum absolute atomic E-state index is 0.127. The maximum Gasteiger partial charge on any atom is 0.271 e. The van der Waals surface area contributed by atoms with Gasteiger partial charge in [0.25, 0.3) is 11.6 Å². The van der Waals surface area contributed by atoms with Gasteiger partial charge in [-0.1, -0.05) is 12.1 Å². The summed E-state index contributed by atoms with van der Waals surface area (Å²) in [5.41, 5.74) is 9.26. The van der Waals surface area contributed by atoms with Crippen molar-refractivity contribution < 1.29 is 24.3 Å². The second-order valence-electron chi connectivity index (χ2n) is 9.62. The molecule has 0 saturated heterocycles. The zero-order chi connectivity index (χ0) is 27.2. The zero-order valence-electron chi connectivity index (χ0n) is 20.9. The van der Waals surface area contributed by atoms with Crippen molar-refractivity contribution in [2.45, 2.75) is 26.0 Å². The first-order valence-corrected chi connectivity index (χ1v) is 11.7. The van der Waals surface area contributed by atoms with Gasteiger partial charge in [0.05, 0.1) is 27.4 Å². The molecule has 0 unspecified atom stereocenters. The topological polar surface area (TPSA) is 149 Å². The summed E-state index contributed by atoms with van der Waals surface area (Å²) < 4.78 is 0. The Balaban J connectivity index is 1.57. The summed E-state index contributed by atoms with van der Waals surface area (Å²) in [5, 5.41) is 17.3. The molecule has 11 nitrogen and oxygen atoms in total. The van der Waals surface area contributed by atoms with E-state index < -0.39 is 16.4 Å². The molecule has 3 aromatic rings. The number of non-ortho nitro benzene ring substituents is 1. The molecule has 2 amide bonds. The lowest BCUT2D eigenvalue weighted by atomic mass is 9.98. The van der Waals surface area contributed by atoms with E-state index in [-0.39, 0.29) is 11.6 Å². The monoisotopic (exact) mass is 515 g/mol. The fourth-order valence-corrected chi connectivity index (χ4v) is 4.33. The van der Waals surface area contributed by atoms with Crippen LogP contribution < -0.4 is 26.2 Å². The minimum atomic E-state index is -1.03. The van der Waals surface area contributed by atoms with E-state index in [1.54, 1.807) is 57.3 Å². The lowest BCUT2D eigenvalue weighted by Gasteiger charge is -2.26. The molecular formula is C27H25N5O6. The van der Waals surface area contributed by atoms with Gasteiger partial charge in [-0.25, -0.2) is 0 Å². The number of amides is 2. The van der Waals surface area contributed by atoms with Gasteiger partial charge in [0.15, 0.2) is 5.75 Å². The predicted molar refractivity (Wildman–Crippen MR) is 142 cm³/mol. The van der Waals surface area contributed by atoms with Crippen molar-refractivity contribution in [3.05, 3.63) is 87.5 Å². The summed E-state index contributed by atoms with van der Waals surface area (Å²) in [5.74, 6) is -0.118. The molecule has 3 aromatic carbocycles. The van der Waals surface area contributed by atoms with Crippen LogP contribution in [0.25, 0.3) is 11.3 Å². The Morgan fingerprint density at radius 1 is 1.13 bits per heavy atom. The molecule has 4 N–H and O–H groups in total. The molecule has 11 heteroatoms. The SMILES string of the molecule is CN(C(=O)C(C)(C)N)c1ccc(N/C(=C2\C(=O)Nc3cc([N+](=O)[O-])ccc32)c2ccc3c(c2)OOC3)cc1. The van der Waals surface area contributed by atoms with Crippen molar-refractivity contribution >= 4 is 45.8 Å². The maximum absolute atomic E-state index is 13.2. The van der Waals surface area contributed by atoms with Crippen molar-refractivity contribution in [2.24, 2.45) is 5.73 Å². The number of rotatable bonds is 6. The van der Waals surface area contributed by atoms with Crippen LogP contribution in [-0.4, -0.2) is 29.3 Å². The average molecular weight is 516 g/mol. The Kier molecular flexibility index (Phi) is 6.09. The number of benzene rings is 3. The van der Waals surface area contributed by atoms with E-state index >= 15 is 0 Å². The van der Waals surface area contributed by atoms with E-state index in [2.05, 4.69) is 10.6 Å². The number of nitro benzene ring substituents is 1. The number of hydrogen-bond donors (Lipinski definition) is 3. The number of nitro groups is 1. The number of carbonyl (C=O) groups is 2. The number of nitrogens with one attached hydrogen (secondary N) is 2. The highest BCUT2D eigenvalue weighted by Crippen LogP contribution is 2.40. The molecule has 2 aliphatic rings. The third kappa shape index (κ3) is 4.56. The van der Waals surface area contributed by atoms with Crippen LogP contribution in [0.2, 0.25) is 0 Å². The molecule has 0 aromatic heterocycles. The molecule has 0 fully saturated rings. The van der Waals surface area contributed by atoms with Crippen molar-refractivity contribution in [3.8, 4) is 5.75 Å². The molecule has 38 heavy (non-hydrogen) atoms. The van der Waals surface area contributed by atoms with E-state index in [9.17, 15) is 19.7 Å². The fourth-order valence-electron chi connectivity index (χ4n) is 4.33. The number of nitrogens with zero attached hydrogens (tertiary/aromatic N) is 2. The van der Waals surface area contributed by atoms with Gasteiger partial charge in [-0.2, -0.15) is 4.89 Å². The second kappa shape index (κ2) is 9.29. The van der Waals surface area contributed by atoms with Crippen LogP contribution in [0.1, 0.15) is 30.5 Å². The number of hydrogen-bond acceptors (Lipinski definition) is 8. The molecule has 0 spiro atoms. The molecule has 0 aliphatic carbocycles. The Morgan fingerprint density at radius 2 is 1.87 bits per heavy atom. The van der Waals surface area contributed by atoms with Gasteiger partial charge in [0.1, 0.15) is 6.61 Å². The molecular weight excluding hydrogens is 490 g/mol. The van der Waals surface area contributed by atoms with Gasteiger partial charge in [-0.3, -0.25) is 19.7 Å². The van der Waals surface area contributed by atoms with Gasteiger partial charge in [-0.15, -0.1) is 0 Å². The van der Waals surface area contributed by atoms with Gasteiger partial charge in [0.2, 0.25) is 5.91 Å². The van der Waals surface area contributed by atoms with Crippen LogP contribution in [0.15, 0.2) is 60.7 Å². The highest BCUT2D eigenvalue weighted by atomic mass is 17.2. The summed E-state index contributed by atoms with van der Waals surface area (Å²) in [4.78, 5) is 48.3. The minimum Gasteiger partial charge on any atom is -0.354 e. The molecule has 2 heterocycles. The maximum atomic E-state index is 13.2. The number of nitrogens with two attached hydrogens (primary N) is 1. The molecule has 2 aliphatic heterocycles. The first-order chi connectivity index (χ1) is 18.0. The lowest BCUT2D eigenvalue weighted by Crippen LogP contribution is -2.49. The standard InChI is InChI=1S/C27H25N5O6/c1-27(2,28)26(34)31(3)18-8-6-17(7-9-18)29-24(15-4-5-16-14-37-38-22(16)12-15)23-20-11-10-19(32(35)36)13-21(20)30-25(23)33/h4-13,29H,14,28H2,1-3H3,(H,30,33)/b24-23-. The van der Waals surface area contributed by atoms with E-state index in [1.807, 2.05) is 12.1 Å². The number of anilines is 3. The number of carbonyl (C=O) groups excluding carboxylic acids is 2. The smallest absolute Gasteiger partial charge is 0.271 e. The van der Waals surface area contributed by atoms with E-state index in [0.29, 0.717) is 51.8 Å². The zero-order valence-corrected chi connectivity index (χ0v) is 20.9. The number of fused-ring (bicyclic) bond motifs is 2. The first kappa shape index (κ1) is 24.9. The quantitative estimate of drug-likeness (QED) is 0.193. The van der Waals surface area contributed by atoms with E-state index in [0.717, 1.165) is 5.56 Å². The summed E-state index contributed by atoms with van der Waals surface area (Å²) in [7, 11) is 1.65. The van der Waals surface area contributed by atoms with Crippen LogP contribution >= 0.6 is 0 Å². The Morgan fingerprint density at radius 3 is 2.55 bits per heavy atom. The third-order valence-electron chi connectivity index (χ3n) is 6.31. The van der Waals surface area contributed by atoms with Crippen molar-refractivity contribution in [1.82, 2.24) is 0 Å². The van der Waals surface area contributed by atoms with Crippen LogP contribution in [0.3, 0.4) is 0 Å². The third-order valence-corrected chi connectivity index (χ3v) is 6.31. The van der Waals surface area contributed by atoms with Gasteiger partial charge >= 0.3 is 0 Å². The van der Waals surface area contributed by atoms with Crippen LogP contribution in [0, 0.1) is 10.1 Å². The molecule has 0 bridgehead atoms. The van der Waals surface area contributed by atoms with E-state index in [1.165, 1.54) is 17.0 Å². The van der Waals surface area contributed by atoms with E-state index in [4.69, 9.17) is 15.5 Å². The normalized spacial score (nSPS) is 15.2. The fraction of sp³-hybridized carbons (Fsp3) is 0.185. The highest BCUT2D eigenvalue weighted by Gasteiger charge is 2.31. The number of likely N-dealkylation sites (N-methyl/N-ethyl adjacent to an activating group) is 1. The predicted octanol–water partition coefficient (Wildman–Crippen LogP) is 4.05. The molecule has 0 saturated carbocycles. The summed E-state index contributed by atoms with van der Waals surface area (Å²) in [6.45, 7) is 3.60. The molecule has 194 valence electrons. The second-order valence-corrected chi connectivity index (χ2v) is 9.62. The van der Waals surface area contributed by atoms with Crippen LogP contribution in [-0.2, 0) is 21.1 Å². The van der Waals surface area contributed by atoms with Crippen molar-refractivity contribution in [3.63, 3.8) is 0 Å². The van der Waals surface area contributed by atoms with Crippen LogP contribution in [0.4, 0.5) is 22.7 Å². The summed E-state index contributed by atoms with van der Waals surface area (Å²) in [6, 6.07) is 16.8. The van der Waals surface area contributed by atoms with Gasteiger partial charge in [0, 0.05) is 47.2 Å². The lowest BCUT2D eigenvalue weighted by molar-refractivity contribution is -0.384. The molecule has 5 rings (SSSR count). The Bertz CT molecular complexity index is 1510. The summed E-state index contributed by atoms with van der Waals surface area (Å²) >= 11 is 0. The Labute approximate surface area is 217 Å². The molecule has 0 atom stereocenters. The Hall–Kier alpha value is -4.74. The average Bonchev–Trinajstić information content (AvgIpc) is 3.48. The van der Waals surface area contributed by atoms with Crippen molar-refractivity contribution in [2.75, 3.05) is 22.6 Å². The highest BCUT2D eigenvalue weighted by molar-refractivity contribution is 6.37. The largest absolute Gasteiger partial charge is 0.354 e. The van der Waals surface area contributed by atoms with Crippen molar-refractivity contribution in [1.29, 1.82) is 0 Å². The molecule has 0 radical (unpaired) electrons. The van der Waals surface area contributed by atoms with Gasteiger partial charge in [-0.05, 0) is 50.2 Å². The first-order valence-electron chi connectivity index (χ1n) is 11.7. The van der Waals surface area contributed by atoms with Crippen LogP contribution in [0.5, 0.6) is 5.75 Å². The summed E-state index contributed by atoms with van der Waals surface area (Å²) in [6.07, 6.45) is 0.